The average Bonchev–Trinajstić information content (AvgIpc) is 2.76. The maximum Gasteiger partial charge on any atom is 0.416 e. The number of alkyl halides is 1. The number of aromatic nitrogens is 2. The zero-order chi connectivity index (χ0) is 23.1. The van der Waals surface area contributed by atoms with Gasteiger partial charge in [-0.25, -0.2) is 13.6 Å². The van der Waals surface area contributed by atoms with E-state index >= 15 is 0 Å². The highest BCUT2D eigenvalue weighted by Gasteiger charge is 2.49. The van der Waals surface area contributed by atoms with Crippen LogP contribution in [0.5, 0.6) is 5.75 Å². The number of halogens is 2. The van der Waals surface area contributed by atoms with Crippen molar-refractivity contribution in [1.82, 2.24) is 15.5 Å². The van der Waals surface area contributed by atoms with E-state index < -0.39 is 29.7 Å². The maximum absolute atomic E-state index is 14.5. The molecule has 172 valence electrons. The van der Waals surface area contributed by atoms with Crippen molar-refractivity contribution in [3.05, 3.63) is 30.1 Å². The number of ether oxygens (including phenoxy) is 2. The molecule has 4 rings (SSSR count). The Balaban J connectivity index is 1.86. The number of benzene rings is 1. The molecule has 3 heterocycles. The van der Waals surface area contributed by atoms with Crippen molar-refractivity contribution in [2.45, 2.75) is 31.9 Å². The topological polar surface area (TPSA) is 79.8 Å². The molecule has 0 aliphatic carbocycles. The molecule has 1 unspecified atom stereocenters. The third kappa shape index (κ3) is 3.83. The molecule has 8 nitrogen and oxygen atoms in total. The van der Waals surface area contributed by atoms with Crippen LogP contribution in [0.3, 0.4) is 0 Å². The summed E-state index contributed by atoms with van der Waals surface area (Å²) in [7, 11) is 1.38. The number of hydrogen-bond donors (Lipinski definition) is 1. The summed E-state index contributed by atoms with van der Waals surface area (Å²) in [5.41, 5.74) is -0.396. The lowest BCUT2D eigenvalue weighted by Gasteiger charge is -2.52. The number of rotatable bonds is 3. The number of anilines is 2. The smallest absolute Gasteiger partial charge is 0.416 e. The lowest BCUT2D eigenvalue weighted by Crippen LogP contribution is -2.70. The predicted octanol–water partition coefficient (Wildman–Crippen LogP) is 3.16. The lowest BCUT2D eigenvalue weighted by atomic mass is 9.91. The molecular weight excluding hydrogens is 420 g/mol. The first kappa shape index (κ1) is 22.2. The third-order valence-corrected chi connectivity index (χ3v) is 5.60. The lowest BCUT2D eigenvalue weighted by molar-refractivity contribution is 0.0561. The monoisotopic (exact) mass is 447 g/mol. The summed E-state index contributed by atoms with van der Waals surface area (Å²) in [6, 6.07) is 6.22. The van der Waals surface area contributed by atoms with Crippen molar-refractivity contribution >= 4 is 17.6 Å². The van der Waals surface area contributed by atoms with Crippen LogP contribution >= 0.6 is 0 Å². The van der Waals surface area contributed by atoms with Crippen LogP contribution in [0.4, 0.5) is 25.1 Å². The molecule has 10 heteroatoms. The van der Waals surface area contributed by atoms with E-state index in [1.165, 1.54) is 18.1 Å². The van der Waals surface area contributed by atoms with Gasteiger partial charge < -0.3 is 19.7 Å². The summed E-state index contributed by atoms with van der Waals surface area (Å²) < 4.78 is 39.6. The van der Waals surface area contributed by atoms with Crippen LogP contribution in [0, 0.1) is 5.82 Å². The molecule has 2 aliphatic heterocycles. The van der Waals surface area contributed by atoms with Crippen LogP contribution in [-0.2, 0) is 4.74 Å². The second-order valence-corrected chi connectivity index (χ2v) is 9.01. The maximum atomic E-state index is 14.5. The standard InChI is InChI=1S/C22H27F2N5O3/c1-21(2,3)32-20(30)28-13-22(11-23)12-25-8-9-29(22)17-10-16(26-27-19(17)28)14-6-5-7-15(24)18(14)31-4/h5-7,10,25H,8-9,11-13H2,1-4H3. The number of methoxy groups -OCH3 is 1. The molecule has 1 N–H and O–H groups in total. The number of piperazine rings is 1. The number of nitrogens with zero attached hydrogens (tertiary/aromatic N) is 4. The van der Waals surface area contributed by atoms with E-state index in [-0.39, 0.29) is 18.1 Å². The Morgan fingerprint density at radius 2 is 2.09 bits per heavy atom. The fraction of sp³-hybridized carbons (Fsp3) is 0.500. The molecule has 1 atom stereocenters. The fourth-order valence-corrected chi connectivity index (χ4v) is 4.18. The summed E-state index contributed by atoms with van der Waals surface area (Å²) in [6.07, 6.45) is -0.623. The predicted molar refractivity (Wildman–Crippen MR) is 116 cm³/mol. The van der Waals surface area contributed by atoms with Gasteiger partial charge in [-0.2, -0.15) is 0 Å². The molecule has 32 heavy (non-hydrogen) atoms. The van der Waals surface area contributed by atoms with Gasteiger partial charge in [0.15, 0.2) is 17.4 Å². The molecule has 1 amide bonds. The molecule has 2 aliphatic rings. The van der Waals surface area contributed by atoms with Crippen LogP contribution in [0.1, 0.15) is 20.8 Å². The van der Waals surface area contributed by atoms with Crippen molar-refractivity contribution in [1.29, 1.82) is 0 Å². The minimum Gasteiger partial charge on any atom is -0.493 e. The van der Waals surface area contributed by atoms with E-state index in [2.05, 4.69) is 15.5 Å². The van der Waals surface area contributed by atoms with E-state index in [9.17, 15) is 13.6 Å². The number of fused-ring (bicyclic) bond motifs is 3. The Bertz CT molecular complexity index is 1030. The number of amides is 1. The molecule has 2 aromatic rings. The number of carbonyl (C=O) groups excluding carboxylic acids is 1. The SMILES string of the molecule is COc1c(F)cccc1-c1cc2c(nn1)N(C(=O)OC(C)(C)C)CC1(CF)CNCCN21. The van der Waals surface area contributed by atoms with E-state index in [0.29, 0.717) is 36.6 Å². The van der Waals surface area contributed by atoms with Crippen LogP contribution in [0.25, 0.3) is 11.3 Å². The largest absolute Gasteiger partial charge is 0.493 e. The van der Waals surface area contributed by atoms with Gasteiger partial charge in [0.2, 0.25) is 0 Å². The molecule has 1 aromatic heterocycles. The molecule has 1 fully saturated rings. The number of carbonyl (C=O) groups is 1. The summed E-state index contributed by atoms with van der Waals surface area (Å²) >= 11 is 0. The second-order valence-electron chi connectivity index (χ2n) is 9.01. The van der Waals surface area contributed by atoms with Crippen LogP contribution in [0.2, 0.25) is 0 Å². The van der Waals surface area contributed by atoms with Crippen LogP contribution < -0.4 is 19.9 Å². The highest BCUT2D eigenvalue weighted by Crippen LogP contribution is 2.42. The van der Waals surface area contributed by atoms with Crippen molar-refractivity contribution < 1.29 is 23.0 Å². The normalized spacial score (nSPS) is 20.4. The van der Waals surface area contributed by atoms with Crippen molar-refractivity contribution in [2.24, 2.45) is 0 Å². The average molecular weight is 447 g/mol. The molecule has 0 bridgehead atoms. The van der Waals surface area contributed by atoms with Gasteiger partial charge in [0.05, 0.1) is 30.6 Å². The Kier molecular flexibility index (Phi) is 5.66. The first-order valence-electron chi connectivity index (χ1n) is 10.4. The van der Waals surface area contributed by atoms with Crippen LogP contribution in [0.15, 0.2) is 24.3 Å². The van der Waals surface area contributed by atoms with E-state index in [1.54, 1.807) is 39.0 Å². The van der Waals surface area contributed by atoms with Gasteiger partial charge in [0.25, 0.3) is 0 Å². The minimum atomic E-state index is -0.978. The number of para-hydroxylation sites is 1. The highest BCUT2D eigenvalue weighted by molar-refractivity contribution is 5.93. The summed E-state index contributed by atoms with van der Waals surface area (Å²) in [6.45, 7) is 6.19. The highest BCUT2D eigenvalue weighted by atomic mass is 19.1. The van der Waals surface area contributed by atoms with Crippen LogP contribution in [-0.4, -0.2) is 67.4 Å². The summed E-state index contributed by atoms with van der Waals surface area (Å²) in [5, 5.41) is 11.8. The van der Waals surface area contributed by atoms with Gasteiger partial charge >= 0.3 is 6.09 Å². The quantitative estimate of drug-likeness (QED) is 0.774. The zero-order valence-corrected chi connectivity index (χ0v) is 18.6. The van der Waals surface area contributed by atoms with E-state index in [1.807, 2.05) is 4.90 Å². The second kappa shape index (κ2) is 8.16. The molecule has 0 radical (unpaired) electrons. The third-order valence-electron chi connectivity index (χ3n) is 5.60. The van der Waals surface area contributed by atoms with Gasteiger partial charge in [-0.05, 0) is 39.0 Å². The van der Waals surface area contributed by atoms with Gasteiger partial charge in [0.1, 0.15) is 12.3 Å². The first-order chi connectivity index (χ1) is 15.2. The zero-order valence-electron chi connectivity index (χ0n) is 18.6. The molecule has 0 saturated carbocycles. The Labute approximate surface area is 185 Å². The van der Waals surface area contributed by atoms with E-state index in [4.69, 9.17) is 9.47 Å². The molecular formula is C22H27F2N5O3. The van der Waals surface area contributed by atoms with Gasteiger partial charge in [0, 0.05) is 25.2 Å². The van der Waals surface area contributed by atoms with Crippen molar-refractivity contribution in [3.8, 4) is 17.0 Å². The summed E-state index contributed by atoms with van der Waals surface area (Å²) in [4.78, 5) is 16.3. The van der Waals surface area contributed by atoms with E-state index in [0.717, 1.165) is 0 Å². The molecule has 1 aromatic carbocycles. The number of nitrogens with one attached hydrogen (secondary N) is 1. The van der Waals surface area contributed by atoms with Gasteiger partial charge in [-0.1, -0.05) is 6.07 Å². The molecule has 0 spiro atoms. The van der Waals surface area contributed by atoms with Crippen molar-refractivity contribution in [2.75, 3.05) is 49.8 Å². The molecule has 1 saturated heterocycles. The number of hydrogen-bond acceptors (Lipinski definition) is 7. The Morgan fingerprint density at radius 1 is 1.31 bits per heavy atom. The Morgan fingerprint density at radius 3 is 2.78 bits per heavy atom. The first-order valence-corrected chi connectivity index (χ1v) is 10.4. The van der Waals surface area contributed by atoms with Crippen molar-refractivity contribution in [3.63, 3.8) is 0 Å². The van der Waals surface area contributed by atoms with Gasteiger partial charge in [-0.15, -0.1) is 10.2 Å². The summed E-state index contributed by atoms with van der Waals surface area (Å²) in [5.74, 6) is -0.205. The fourth-order valence-electron chi connectivity index (χ4n) is 4.18. The minimum absolute atomic E-state index is 0.0404. The Hall–Kier alpha value is -3.01. The van der Waals surface area contributed by atoms with Gasteiger partial charge in [-0.3, -0.25) is 4.90 Å².